The molecule has 0 spiro atoms. The van der Waals surface area contributed by atoms with Gasteiger partial charge >= 0.3 is 6.18 Å². The lowest BCUT2D eigenvalue weighted by Crippen LogP contribution is -2.35. The number of carbonyl (C=O) groups is 1. The minimum absolute atomic E-state index is 0.0677. The van der Waals surface area contributed by atoms with Crippen molar-refractivity contribution in [3.8, 4) is 0 Å². The molecule has 0 radical (unpaired) electrons. The molecule has 1 fully saturated rings. The maximum Gasteiger partial charge on any atom is 0.416 e. The summed E-state index contributed by atoms with van der Waals surface area (Å²) < 4.78 is 55.9. The maximum atomic E-state index is 13.2. The first kappa shape index (κ1) is 21.3. The molecule has 0 saturated carbocycles. The number of benzene rings is 2. The number of fused-ring (bicyclic) bond motifs is 1. The van der Waals surface area contributed by atoms with Crippen LogP contribution in [0.4, 0.5) is 17.6 Å². The van der Waals surface area contributed by atoms with Gasteiger partial charge in [0.05, 0.1) is 18.8 Å². The number of nitrogens with zero attached hydrogens (tertiary/aromatic N) is 1. The molecule has 2 heterocycles. The van der Waals surface area contributed by atoms with Gasteiger partial charge in [0.25, 0.3) is 5.91 Å². The highest BCUT2D eigenvalue weighted by Crippen LogP contribution is 2.30. The number of halogens is 4. The predicted molar refractivity (Wildman–Crippen MR) is 99.8 cm³/mol. The molecule has 0 bridgehead atoms. The lowest BCUT2D eigenvalue weighted by atomic mass is 10.0. The molecule has 2 aromatic carbocycles. The van der Waals surface area contributed by atoms with Crippen molar-refractivity contribution in [3.63, 3.8) is 0 Å². The Labute approximate surface area is 166 Å². The Morgan fingerprint density at radius 3 is 2.52 bits per heavy atom. The quantitative estimate of drug-likeness (QED) is 0.764. The van der Waals surface area contributed by atoms with Crippen LogP contribution in [0.2, 0.25) is 0 Å². The number of morpholine rings is 1. The third-order valence-electron chi connectivity index (χ3n) is 4.82. The van der Waals surface area contributed by atoms with E-state index in [1.54, 1.807) is 0 Å². The standard InChI is InChI=1S/C12H13F4NO.C9H9NO/c13-11-6-9(5-10(7-11)12(14,15)16)8-17-1-3-18-4-2-17;1-6-3-2-4-7-5-10-9(11)8(6)7/h5-7H,1-4,8H2;2-4H,5H2,1H3,(H,10,11). The molecule has 0 aliphatic carbocycles. The van der Waals surface area contributed by atoms with Crippen molar-refractivity contribution in [3.05, 3.63) is 70.0 Å². The van der Waals surface area contributed by atoms with Gasteiger partial charge in [0.2, 0.25) is 0 Å². The fourth-order valence-corrected chi connectivity index (χ4v) is 3.39. The summed E-state index contributed by atoms with van der Waals surface area (Å²) in [6.45, 7) is 5.38. The van der Waals surface area contributed by atoms with Crippen LogP contribution < -0.4 is 5.32 Å². The number of hydrogen-bond donors (Lipinski definition) is 1. The summed E-state index contributed by atoms with van der Waals surface area (Å²) in [5, 5.41) is 2.79. The predicted octanol–water partition coefficient (Wildman–Crippen LogP) is 3.92. The lowest BCUT2D eigenvalue weighted by molar-refractivity contribution is -0.137. The van der Waals surface area contributed by atoms with Gasteiger partial charge < -0.3 is 10.1 Å². The third-order valence-corrected chi connectivity index (χ3v) is 4.82. The molecule has 8 heteroatoms. The second-order valence-electron chi connectivity index (χ2n) is 7.03. The van der Waals surface area contributed by atoms with Gasteiger partial charge in [-0.3, -0.25) is 9.69 Å². The molecule has 0 unspecified atom stereocenters. The van der Waals surface area contributed by atoms with E-state index in [4.69, 9.17) is 4.74 Å². The SMILES string of the molecule is Cc1cccc2c1C(=O)NC2.Fc1cc(CN2CCOCC2)cc(C(F)(F)F)c1. The molecular formula is C21H22F4N2O2. The number of ether oxygens (including phenoxy) is 1. The van der Waals surface area contributed by atoms with E-state index >= 15 is 0 Å². The van der Waals surface area contributed by atoms with Crippen LogP contribution in [0.3, 0.4) is 0 Å². The van der Waals surface area contributed by atoms with E-state index in [1.807, 2.05) is 30.0 Å². The van der Waals surface area contributed by atoms with Crippen molar-refractivity contribution < 1.29 is 27.1 Å². The van der Waals surface area contributed by atoms with E-state index in [0.717, 1.165) is 28.8 Å². The summed E-state index contributed by atoms with van der Waals surface area (Å²) in [4.78, 5) is 13.1. The Morgan fingerprint density at radius 1 is 1.14 bits per heavy atom. The van der Waals surface area contributed by atoms with Crippen molar-refractivity contribution >= 4 is 5.91 Å². The minimum atomic E-state index is -4.51. The van der Waals surface area contributed by atoms with Crippen LogP contribution in [0, 0.1) is 12.7 Å². The molecule has 0 aromatic heterocycles. The largest absolute Gasteiger partial charge is 0.416 e. The number of rotatable bonds is 2. The average molecular weight is 410 g/mol. The monoisotopic (exact) mass is 410 g/mol. The fourth-order valence-electron chi connectivity index (χ4n) is 3.39. The second kappa shape index (κ2) is 8.92. The Balaban J connectivity index is 0.000000186. The van der Waals surface area contributed by atoms with Crippen molar-refractivity contribution in [1.29, 1.82) is 0 Å². The Bertz CT molecular complexity index is 877. The molecule has 4 nitrogen and oxygen atoms in total. The van der Waals surface area contributed by atoms with Gasteiger partial charge in [-0.15, -0.1) is 0 Å². The van der Waals surface area contributed by atoms with Crippen LogP contribution in [0.25, 0.3) is 0 Å². The molecule has 1 N–H and O–H groups in total. The normalized spacial score (nSPS) is 16.7. The minimum Gasteiger partial charge on any atom is -0.379 e. The Hall–Kier alpha value is -2.45. The van der Waals surface area contributed by atoms with E-state index in [-0.39, 0.29) is 5.91 Å². The molecule has 1 saturated heterocycles. The number of amides is 1. The molecule has 2 aliphatic rings. The van der Waals surface area contributed by atoms with E-state index in [0.29, 0.717) is 51.0 Å². The summed E-state index contributed by atoms with van der Waals surface area (Å²) >= 11 is 0. The van der Waals surface area contributed by atoms with Crippen LogP contribution in [0.1, 0.15) is 32.6 Å². The van der Waals surface area contributed by atoms with Crippen molar-refractivity contribution in [1.82, 2.24) is 10.2 Å². The van der Waals surface area contributed by atoms with Gasteiger partial charge in [-0.05, 0) is 41.8 Å². The van der Waals surface area contributed by atoms with E-state index in [2.05, 4.69) is 5.32 Å². The zero-order valence-electron chi connectivity index (χ0n) is 16.0. The van der Waals surface area contributed by atoms with Crippen molar-refractivity contribution in [2.45, 2.75) is 26.2 Å². The maximum absolute atomic E-state index is 13.2. The molecule has 0 atom stereocenters. The number of hydrogen-bond acceptors (Lipinski definition) is 3. The Kier molecular flexibility index (Phi) is 6.54. The Morgan fingerprint density at radius 2 is 1.86 bits per heavy atom. The molecule has 4 rings (SSSR count). The summed E-state index contributed by atoms with van der Waals surface area (Å²) in [6.07, 6.45) is -4.51. The smallest absolute Gasteiger partial charge is 0.379 e. The third kappa shape index (κ3) is 5.55. The summed E-state index contributed by atoms with van der Waals surface area (Å²) in [6, 6.07) is 8.59. The first-order valence-corrected chi connectivity index (χ1v) is 9.27. The zero-order chi connectivity index (χ0) is 21.0. The van der Waals surface area contributed by atoms with Crippen LogP contribution >= 0.6 is 0 Å². The molecule has 1 amide bonds. The van der Waals surface area contributed by atoms with Gasteiger partial charge in [0.15, 0.2) is 0 Å². The molecule has 2 aliphatic heterocycles. The van der Waals surface area contributed by atoms with Crippen LogP contribution in [-0.2, 0) is 24.0 Å². The highest BCUT2D eigenvalue weighted by atomic mass is 19.4. The summed E-state index contributed by atoms with van der Waals surface area (Å²) in [7, 11) is 0. The highest BCUT2D eigenvalue weighted by molar-refractivity contribution is 5.99. The van der Waals surface area contributed by atoms with Crippen molar-refractivity contribution in [2.75, 3.05) is 26.3 Å². The van der Waals surface area contributed by atoms with Gasteiger partial charge in [0.1, 0.15) is 5.82 Å². The zero-order valence-corrected chi connectivity index (χ0v) is 16.0. The highest BCUT2D eigenvalue weighted by Gasteiger charge is 2.31. The first-order valence-electron chi connectivity index (χ1n) is 9.27. The fraction of sp³-hybridized carbons (Fsp3) is 0.381. The second-order valence-corrected chi connectivity index (χ2v) is 7.03. The molecular weight excluding hydrogens is 388 g/mol. The van der Waals surface area contributed by atoms with E-state index < -0.39 is 17.6 Å². The molecule has 156 valence electrons. The first-order chi connectivity index (χ1) is 13.7. The van der Waals surface area contributed by atoms with Crippen LogP contribution in [0.15, 0.2) is 36.4 Å². The molecule has 29 heavy (non-hydrogen) atoms. The van der Waals surface area contributed by atoms with Gasteiger partial charge in [-0.1, -0.05) is 18.2 Å². The number of nitrogens with one attached hydrogen (secondary N) is 1. The van der Waals surface area contributed by atoms with E-state index in [1.165, 1.54) is 0 Å². The van der Waals surface area contributed by atoms with Gasteiger partial charge in [0, 0.05) is 31.7 Å². The van der Waals surface area contributed by atoms with Crippen molar-refractivity contribution in [2.24, 2.45) is 0 Å². The summed E-state index contributed by atoms with van der Waals surface area (Å²) in [5.74, 6) is -0.786. The van der Waals surface area contributed by atoms with E-state index in [9.17, 15) is 22.4 Å². The van der Waals surface area contributed by atoms with Crippen LogP contribution in [0.5, 0.6) is 0 Å². The number of carbonyl (C=O) groups excluding carboxylic acids is 1. The lowest BCUT2D eigenvalue weighted by Gasteiger charge is -2.26. The molecule has 2 aromatic rings. The topological polar surface area (TPSA) is 41.6 Å². The number of alkyl halides is 3. The van der Waals surface area contributed by atoms with Gasteiger partial charge in [-0.2, -0.15) is 13.2 Å². The van der Waals surface area contributed by atoms with Crippen LogP contribution in [-0.4, -0.2) is 37.1 Å². The average Bonchev–Trinajstić information content (AvgIpc) is 3.04. The van der Waals surface area contributed by atoms with Gasteiger partial charge in [-0.25, -0.2) is 4.39 Å². The summed E-state index contributed by atoms with van der Waals surface area (Å²) in [5.41, 5.74) is 2.45. The number of aryl methyl sites for hydroxylation is 1.